The standard InChI is InChI=1S/C23H22F3N5O4/c1-34-16-7-6-14(24)8-15(16)22(33)29-9-12-2-4-13(5-3-12)19-18(21(28)32)20(27)31(30-19)17-10-35-11-23(17,25)26/h2-8,17H,9-11,27H2,1H3,(H2,28,32)(H,29,33). The molecule has 2 heterocycles. The van der Waals surface area contributed by atoms with E-state index in [9.17, 15) is 22.8 Å². The fourth-order valence-electron chi connectivity index (χ4n) is 3.82. The molecule has 1 saturated heterocycles. The second-order valence-electron chi connectivity index (χ2n) is 7.93. The van der Waals surface area contributed by atoms with Crippen LogP contribution < -0.4 is 21.5 Å². The molecule has 1 unspecified atom stereocenters. The molecule has 1 aliphatic heterocycles. The summed E-state index contributed by atoms with van der Waals surface area (Å²) in [5.74, 6) is -5.28. The number of halogens is 3. The number of carbonyl (C=O) groups is 2. The lowest BCUT2D eigenvalue weighted by Gasteiger charge is -2.18. The van der Waals surface area contributed by atoms with Crippen molar-refractivity contribution in [2.45, 2.75) is 18.5 Å². The van der Waals surface area contributed by atoms with Crippen molar-refractivity contribution < 1.29 is 32.2 Å². The number of rotatable bonds is 7. The third kappa shape index (κ3) is 4.64. The van der Waals surface area contributed by atoms with Gasteiger partial charge in [0.15, 0.2) is 0 Å². The minimum Gasteiger partial charge on any atom is -0.496 e. The second kappa shape index (κ2) is 9.29. The molecule has 0 spiro atoms. The number of hydrogen-bond acceptors (Lipinski definition) is 6. The molecule has 184 valence electrons. The predicted molar refractivity (Wildman–Crippen MR) is 120 cm³/mol. The van der Waals surface area contributed by atoms with Crippen LogP contribution in [0.25, 0.3) is 11.3 Å². The third-order valence-corrected chi connectivity index (χ3v) is 5.63. The Bertz CT molecular complexity index is 1280. The largest absolute Gasteiger partial charge is 0.496 e. The summed E-state index contributed by atoms with van der Waals surface area (Å²) >= 11 is 0. The van der Waals surface area contributed by atoms with E-state index in [4.69, 9.17) is 20.9 Å². The van der Waals surface area contributed by atoms with Gasteiger partial charge in [0, 0.05) is 12.1 Å². The Morgan fingerprint density at radius 1 is 1.26 bits per heavy atom. The van der Waals surface area contributed by atoms with Gasteiger partial charge in [-0.1, -0.05) is 24.3 Å². The highest BCUT2D eigenvalue weighted by molar-refractivity contribution is 6.03. The zero-order valence-corrected chi connectivity index (χ0v) is 18.6. The molecule has 0 aliphatic carbocycles. The molecule has 35 heavy (non-hydrogen) atoms. The molecular formula is C23H22F3N5O4. The fourth-order valence-corrected chi connectivity index (χ4v) is 3.82. The summed E-state index contributed by atoms with van der Waals surface area (Å²) in [4.78, 5) is 24.5. The van der Waals surface area contributed by atoms with Crippen LogP contribution in [0.2, 0.25) is 0 Å². The number of nitrogens with zero attached hydrogens (tertiary/aromatic N) is 2. The molecule has 2 amide bonds. The highest BCUT2D eigenvalue weighted by atomic mass is 19.3. The second-order valence-corrected chi connectivity index (χ2v) is 7.93. The number of alkyl halides is 2. The van der Waals surface area contributed by atoms with Crippen molar-refractivity contribution in [3.05, 3.63) is 65.0 Å². The number of primary amides is 1. The summed E-state index contributed by atoms with van der Waals surface area (Å²) in [5.41, 5.74) is 12.4. The van der Waals surface area contributed by atoms with Gasteiger partial charge in [-0.25, -0.2) is 17.9 Å². The lowest BCUT2D eigenvalue weighted by atomic mass is 10.0. The van der Waals surface area contributed by atoms with Crippen molar-refractivity contribution >= 4 is 17.6 Å². The van der Waals surface area contributed by atoms with Crippen LogP contribution in [0.15, 0.2) is 42.5 Å². The normalized spacial score (nSPS) is 16.7. The van der Waals surface area contributed by atoms with Crippen molar-refractivity contribution in [2.75, 3.05) is 26.1 Å². The van der Waals surface area contributed by atoms with Crippen LogP contribution >= 0.6 is 0 Å². The van der Waals surface area contributed by atoms with Crippen molar-refractivity contribution in [1.29, 1.82) is 0 Å². The molecule has 0 saturated carbocycles. The maximum Gasteiger partial charge on any atom is 0.295 e. The number of amides is 2. The van der Waals surface area contributed by atoms with Crippen LogP contribution in [0.5, 0.6) is 5.75 Å². The topological polar surface area (TPSA) is 134 Å². The Labute approximate surface area is 197 Å². The lowest BCUT2D eigenvalue weighted by molar-refractivity contribution is -0.0344. The van der Waals surface area contributed by atoms with Crippen molar-refractivity contribution in [3.8, 4) is 17.0 Å². The van der Waals surface area contributed by atoms with Crippen LogP contribution in [0.1, 0.15) is 32.3 Å². The predicted octanol–water partition coefficient (Wildman–Crippen LogP) is 2.52. The maximum absolute atomic E-state index is 14.2. The molecule has 0 radical (unpaired) electrons. The molecule has 1 fully saturated rings. The monoisotopic (exact) mass is 489 g/mol. The van der Waals surface area contributed by atoms with Crippen LogP contribution in [-0.2, 0) is 11.3 Å². The SMILES string of the molecule is COc1ccc(F)cc1C(=O)NCc1ccc(-c2nn(C3COCC3(F)F)c(N)c2C(N)=O)cc1. The van der Waals surface area contributed by atoms with E-state index in [1.165, 1.54) is 19.2 Å². The minimum absolute atomic E-state index is 0.0453. The molecule has 9 nitrogen and oxygen atoms in total. The number of nitrogen functional groups attached to an aromatic ring is 1. The summed E-state index contributed by atoms with van der Waals surface area (Å²) in [6.45, 7) is -0.991. The summed E-state index contributed by atoms with van der Waals surface area (Å²) in [7, 11) is 1.37. The molecule has 1 atom stereocenters. The Morgan fingerprint density at radius 2 is 1.97 bits per heavy atom. The van der Waals surface area contributed by atoms with E-state index in [2.05, 4.69) is 10.4 Å². The number of hydrogen-bond donors (Lipinski definition) is 3. The Morgan fingerprint density at radius 3 is 2.57 bits per heavy atom. The summed E-state index contributed by atoms with van der Waals surface area (Å²) < 4.78 is 52.8. The van der Waals surface area contributed by atoms with E-state index in [0.29, 0.717) is 11.1 Å². The Kier molecular flexibility index (Phi) is 6.39. The fraction of sp³-hybridized carbons (Fsp3) is 0.261. The van der Waals surface area contributed by atoms with Crippen molar-refractivity contribution in [2.24, 2.45) is 5.73 Å². The number of aromatic nitrogens is 2. The number of methoxy groups -OCH3 is 1. The molecule has 4 rings (SSSR count). The first-order valence-corrected chi connectivity index (χ1v) is 10.5. The Balaban J connectivity index is 1.55. The van der Waals surface area contributed by atoms with Crippen molar-refractivity contribution in [1.82, 2.24) is 15.1 Å². The summed E-state index contributed by atoms with van der Waals surface area (Å²) in [6, 6.07) is 8.61. The maximum atomic E-state index is 14.2. The molecular weight excluding hydrogens is 467 g/mol. The molecule has 1 aliphatic rings. The zero-order chi connectivity index (χ0) is 25.3. The van der Waals surface area contributed by atoms with E-state index in [1.54, 1.807) is 24.3 Å². The van der Waals surface area contributed by atoms with Gasteiger partial charge in [-0.2, -0.15) is 5.10 Å². The van der Waals surface area contributed by atoms with Crippen LogP contribution in [0.4, 0.5) is 19.0 Å². The molecule has 12 heteroatoms. The summed E-state index contributed by atoms with van der Waals surface area (Å²) in [5, 5.41) is 6.83. The van der Waals surface area contributed by atoms with Gasteiger partial charge in [0.05, 0.1) is 19.3 Å². The quantitative estimate of drug-likeness (QED) is 0.467. The van der Waals surface area contributed by atoms with E-state index >= 15 is 0 Å². The van der Waals surface area contributed by atoms with Crippen LogP contribution in [0, 0.1) is 5.82 Å². The number of carbonyl (C=O) groups excluding carboxylic acids is 2. The number of nitrogens with one attached hydrogen (secondary N) is 1. The summed E-state index contributed by atoms with van der Waals surface area (Å²) in [6.07, 6.45) is 0. The van der Waals surface area contributed by atoms with Gasteiger partial charge < -0.3 is 26.3 Å². The zero-order valence-electron chi connectivity index (χ0n) is 18.6. The smallest absolute Gasteiger partial charge is 0.295 e. The first kappa shape index (κ1) is 24.1. The van der Waals surface area contributed by atoms with E-state index < -0.39 is 36.2 Å². The minimum atomic E-state index is -3.21. The lowest BCUT2D eigenvalue weighted by Crippen LogP contribution is -2.31. The third-order valence-electron chi connectivity index (χ3n) is 5.63. The molecule has 1 aromatic heterocycles. The van der Waals surface area contributed by atoms with Gasteiger partial charge in [-0.3, -0.25) is 9.59 Å². The highest BCUT2D eigenvalue weighted by Crippen LogP contribution is 2.38. The van der Waals surface area contributed by atoms with E-state index in [1.807, 2.05) is 0 Å². The van der Waals surface area contributed by atoms with E-state index in [0.717, 1.165) is 10.7 Å². The number of ether oxygens (including phenoxy) is 2. The highest BCUT2D eigenvalue weighted by Gasteiger charge is 2.48. The molecule has 5 N–H and O–H groups in total. The van der Waals surface area contributed by atoms with Crippen LogP contribution in [0.3, 0.4) is 0 Å². The number of nitrogens with two attached hydrogens (primary N) is 2. The molecule has 3 aromatic rings. The number of benzene rings is 2. The average molecular weight is 489 g/mol. The van der Waals surface area contributed by atoms with Gasteiger partial charge in [-0.05, 0) is 23.8 Å². The molecule has 0 bridgehead atoms. The van der Waals surface area contributed by atoms with E-state index in [-0.39, 0.29) is 41.5 Å². The van der Waals surface area contributed by atoms with Gasteiger partial charge in [0.1, 0.15) is 41.3 Å². The Hall–Kier alpha value is -4.06. The average Bonchev–Trinajstić information content (AvgIpc) is 3.35. The van der Waals surface area contributed by atoms with Gasteiger partial charge in [0.25, 0.3) is 17.7 Å². The first-order valence-electron chi connectivity index (χ1n) is 10.5. The molecule has 2 aromatic carbocycles. The van der Waals surface area contributed by atoms with Gasteiger partial charge in [-0.15, -0.1) is 0 Å². The van der Waals surface area contributed by atoms with Crippen LogP contribution in [-0.4, -0.2) is 47.8 Å². The van der Waals surface area contributed by atoms with Crippen molar-refractivity contribution in [3.63, 3.8) is 0 Å². The first-order chi connectivity index (χ1) is 16.6. The number of anilines is 1. The van der Waals surface area contributed by atoms with Gasteiger partial charge in [0.2, 0.25) is 0 Å². The van der Waals surface area contributed by atoms with Gasteiger partial charge >= 0.3 is 0 Å².